The van der Waals surface area contributed by atoms with Crippen molar-refractivity contribution in [1.82, 2.24) is 15.5 Å². The number of aliphatic hydroxyl groups is 1. The molecule has 10 heteroatoms. The molecule has 1 aromatic rings. The lowest BCUT2D eigenvalue weighted by molar-refractivity contribution is -0.145. The fourth-order valence-corrected chi connectivity index (χ4v) is 3.79. The van der Waals surface area contributed by atoms with Crippen molar-refractivity contribution < 1.29 is 29.4 Å². The van der Waals surface area contributed by atoms with Gasteiger partial charge in [-0.2, -0.15) is 0 Å². The van der Waals surface area contributed by atoms with E-state index < -0.39 is 54.5 Å². The molecule has 0 bridgehead atoms. The molecule has 1 heterocycles. The molecular weight excluding hydrogens is 428 g/mol. The van der Waals surface area contributed by atoms with Crippen molar-refractivity contribution in [3.63, 3.8) is 0 Å². The zero-order valence-corrected chi connectivity index (χ0v) is 19.1. The Labute approximate surface area is 193 Å². The molecule has 0 aromatic heterocycles. The van der Waals surface area contributed by atoms with Gasteiger partial charge in [0.05, 0.1) is 12.6 Å². The van der Waals surface area contributed by atoms with Gasteiger partial charge in [0, 0.05) is 13.0 Å². The second-order valence-electron chi connectivity index (χ2n) is 8.43. The second kappa shape index (κ2) is 12.3. The summed E-state index contributed by atoms with van der Waals surface area (Å²) in [7, 11) is 0. The van der Waals surface area contributed by atoms with Crippen LogP contribution in [-0.2, 0) is 25.6 Å². The lowest BCUT2D eigenvalue weighted by Gasteiger charge is -2.29. The summed E-state index contributed by atoms with van der Waals surface area (Å²) >= 11 is 0. The van der Waals surface area contributed by atoms with Gasteiger partial charge in [-0.05, 0) is 24.3 Å². The van der Waals surface area contributed by atoms with Crippen LogP contribution in [0.25, 0.3) is 0 Å². The zero-order chi connectivity index (χ0) is 24.5. The van der Waals surface area contributed by atoms with Gasteiger partial charge in [0.25, 0.3) is 0 Å². The first kappa shape index (κ1) is 26.3. The van der Waals surface area contributed by atoms with Crippen molar-refractivity contribution in [3.05, 3.63) is 35.9 Å². The lowest BCUT2D eigenvalue weighted by Crippen LogP contribution is -2.58. The van der Waals surface area contributed by atoms with E-state index in [4.69, 9.17) is 5.73 Å². The van der Waals surface area contributed by atoms with Gasteiger partial charge in [0.15, 0.2) is 0 Å². The maximum Gasteiger partial charge on any atom is 0.326 e. The Hall–Kier alpha value is -2.98. The van der Waals surface area contributed by atoms with Crippen molar-refractivity contribution in [2.45, 2.75) is 63.7 Å². The number of carbonyl (C=O) groups is 4. The molecule has 1 aromatic carbocycles. The number of carboxylic acids is 1. The third kappa shape index (κ3) is 7.00. The monoisotopic (exact) mass is 462 g/mol. The van der Waals surface area contributed by atoms with Gasteiger partial charge in [-0.1, -0.05) is 50.6 Å². The number of carboxylic acid groups (broad SMARTS) is 1. The number of benzene rings is 1. The Kier molecular flexibility index (Phi) is 9.80. The molecule has 1 fully saturated rings. The number of likely N-dealkylation sites (tertiary alicyclic amines) is 1. The van der Waals surface area contributed by atoms with Crippen LogP contribution < -0.4 is 16.4 Å². The van der Waals surface area contributed by atoms with Gasteiger partial charge in [-0.15, -0.1) is 0 Å². The molecular formula is C23H34N4O6. The number of nitrogens with one attached hydrogen (secondary N) is 2. The number of nitrogens with zero attached hydrogens (tertiary/aromatic N) is 1. The van der Waals surface area contributed by atoms with Crippen LogP contribution in [0.15, 0.2) is 30.3 Å². The lowest BCUT2D eigenvalue weighted by atomic mass is 9.99. The topological polar surface area (TPSA) is 162 Å². The summed E-state index contributed by atoms with van der Waals surface area (Å²) in [5.41, 5.74) is 6.67. The Morgan fingerprint density at radius 2 is 1.82 bits per heavy atom. The normalized spacial score (nSPS) is 19.3. The third-order valence-corrected chi connectivity index (χ3v) is 6.09. The van der Waals surface area contributed by atoms with Crippen LogP contribution in [0, 0.1) is 5.92 Å². The molecule has 10 nitrogen and oxygen atoms in total. The van der Waals surface area contributed by atoms with Crippen LogP contribution >= 0.6 is 0 Å². The van der Waals surface area contributed by atoms with Gasteiger partial charge in [-0.3, -0.25) is 14.4 Å². The van der Waals surface area contributed by atoms with Crippen molar-refractivity contribution in [2.24, 2.45) is 11.7 Å². The molecule has 0 aliphatic carbocycles. The number of rotatable bonds is 11. The first-order chi connectivity index (χ1) is 15.7. The molecule has 3 amide bonds. The summed E-state index contributed by atoms with van der Waals surface area (Å²) < 4.78 is 0. The van der Waals surface area contributed by atoms with Gasteiger partial charge >= 0.3 is 5.97 Å². The smallest absolute Gasteiger partial charge is 0.326 e. The number of carbonyl (C=O) groups excluding carboxylic acids is 3. The van der Waals surface area contributed by atoms with Crippen molar-refractivity contribution in [1.29, 1.82) is 0 Å². The highest BCUT2D eigenvalue weighted by Gasteiger charge is 2.39. The van der Waals surface area contributed by atoms with Crippen molar-refractivity contribution >= 4 is 23.7 Å². The minimum atomic E-state index is -1.24. The molecule has 1 saturated heterocycles. The first-order valence-electron chi connectivity index (χ1n) is 11.2. The highest BCUT2D eigenvalue weighted by atomic mass is 16.4. The fourth-order valence-electron chi connectivity index (χ4n) is 3.79. The molecule has 2 rings (SSSR count). The number of hydrogen-bond donors (Lipinski definition) is 5. The van der Waals surface area contributed by atoms with Crippen LogP contribution in [0.1, 0.15) is 38.7 Å². The summed E-state index contributed by atoms with van der Waals surface area (Å²) in [5.74, 6) is -3.02. The highest BCUT2D eigenvalue weighted by Crippen LogP contribution is 2.19. The second-order valence-corrected chi connectivity index (χ2v) is 8.43. The standard InChI is InChI=1S/C23H34N4O6/c1-3-14(2)19(24)21(30)26-17(13-28)22(31)27-11-7-10-18(27)20(29)25-16(23(32)33)12-15-8-5-4-6-9-15/h4-6,8-9,14,16-19,28H,3,7,10-13,24H2,1-2H3,(H,25,29)(H,26,30)(H,32,33). The number of hydrogen-bond acceptors (Lipinski definition) is 6. The number of nitrogens with two attached hydrogens (primary N) is 1. The first-order valence-corrected chi connectivity index (χ1v) is 11.2. The number of amides is 3. The van der Waals surface area contributed by atoms with Crippen molar-refractivity contribution in [3.8, 4) is 0 Å². The summed E-state index contributed by atoms with van der Waals surface area (Å²) in [6.07, 6.45) is 1.67. The van der Waals surface area contributed by atoms with E-state index in [1.54, 1.807) is 24.3 Å². The summed E-state index contributed by atoms with van der Waals surface area (Å²) in [6.45, 7) is 3.32. The predicted octanol–water partition coefficient (Wildman–Crippen LogP) is -0.360. The largest absolute Gasteiger partial charge is 0.480 e. The van der Waals surface area contributed by atoms with Gasteiger partial charge in [-0.25, -0.2) is 4.79 Å². The van der Waals surface area contributed by atoms with E-state index in [2.05, 4.69) is 10.6 Å². The molecule has 5 atom stereocenters. The zero-order valence-electron chi connectivity index (χ0n) is 19.1. The summed E-state index contributed by atoms with van der Waals surface area (Å²) in [5, 5.41) is 24.3. The number of aliphatic carboxylic acids is 1. The van der Waals surface area contributed by atoms with Crippen LogP contribution in [0.5, 0.6) is 0 Å². The Balaban J connectivity index is 2.06. The molecule has 182 valence electrons. The third-order valence-electron chi connectivity index (χ3n) is 6.09. The maximum atomic E-state index is 13.0. The molecule has 6 N–H and O–H groups in total. The van der Waals surface area contributed by atoms with E-state index >= 15 is 0 Å². The van der Waals surface area contributed by atoms with Crippen LogP contribution in [0.2, 0.25) is 0 Å². The average molecular weight is 463 g/mol. The van der Waals surface area contributed by atoms with Crippen LogP contribution in [0.3, 0.4) is 0 Å². The van der Waals surface area contributed by atoms with Crippen LogP contribution in [0.4, 0.5) is 0 Å². The SMILES string of the molecule is CCC(C)C(N)C(=O)NC(CO)C(=O)N1CCCC1C(=O)NC(Cc1ccccc1)C(=O)O. The Bertz CT molecular complexity index is 834. The molecule has 1 aliphatic heterocycles. The maximum absolute atomic E-state index is 13.0. The molecule has 33 heavy (non-hydrogen) atoms. The molecule has 5 unspecified atom stereocenters. The molecule has 0 saturated carbocycles. The minimum absolute atomic E-state index is 0.103. The Morgan fingerprint density at radius 3 is 2.39 bits per heavy atom. The number of aliphatic hydroxyl groups excluding tert-OH is 1. The fraction of sp³-hybridized carbons (Fsp3) is 0.565. The van der Waals surface area contributed by atoms with E-state index in [1.165, 1.54) is 4.90 Å². The molecule has 0 spiro atoms. The Morgan fingerprint density at radius 1 is 1.15 bits per heavy atom. The minimum Gasteiger partial charge on any atom is -0.480 e. The molecule has 0 radical (unpaired) electrons. The van der Waals surface area contributed by atoms with Gasteiger partial charge < -0.3 is 31.5 Å². The average Bonchev–Trinajstić information content (AvgIpc) is 3.31. The summed E-state index contributed by atoms with van der Waals surface area (Å²) in [4.78, 5) is 51.3. The van der Waals surface area contributed by atoms with Gasteiger partial charge in [0.2, 0.25) is 17.7 Å². The van der Waals surface area contributed by atoms with E-state index in [0.29, 0.717) is 19.3 Å². The van der Waals surface area contributed by atoms with Gasteiger partial charge in [0.1, 0.15) is 18.1 Å². The van der Waals surface area contributed by atoms with E-state index in [1.807, 2.05) is 19.9 Å². The van der Waals surface area contributed by atoms with Crippen molar-refractivity contribution in [2.75, 3.05) is 13.2 Å². The van der Waals surface area contributed by atoms with E-state index in [-0.39, 0.29) is 18.9 Å². The quantitative estimate of drug-likeness (QED) is 0.300. The molecule has 1 aliphatic rings. The van der Waals surface area contributed by atoms with E-state index in [0.717, 1.165) is 5.56 Å². The highest BCUT2D eigenvalue weighted by molar-refractivity contribution is 5.94. The van der Waals surface area contributed by atoms with E-state index in [9.17, 15) is 29.4 Å². The predicted molar refractivity (Wildman–Crippen MR) is 121 cm³/mol. The summed E-state index contributed by atoms with van der Waals surface area (Å²) in [6, 6.07) is 4.81. The van der Waals surface area contributed by atoms with Crippen LogP contribution in [-0.4, -0.2) is 76.1 Å².